The molecule has 0 aromatic carbocycles. The molecule has 1 N–H and O–H groups in total. The number of halogens is 4. The molecular weight excluding hydrogens is 339 g/mol. The van der Waals surface area contributed by atoms with Crippen molar-refractivity contribution in [3.8, 4) is 0 Å². The van der Waals surface area contributed by atoms with E-state index in [-0.39, 0.29) is 5.82 Å². The van der Waals surface area contributed by atoms with Crippen LogP contribution in [0.5, 0.6) is 0 Å². The van der Waals surface area contributed by atoms with Gasteiger partial charge in [0.2, 0.25) is 0 Å². The molecule has 1 rings (SSSR count). The van der Waals surface area contributed by atoms with Crippen molar-refractivity contribution >= 4 is 21.7 Å². The minimum atomic E-state index is -4.43. The van der Waals surface area contributed by atoms with Gasteiger partial charge in [-0.05, 0) is 29.0 Å². The number of ether oxygens (including phenoxy) is 1. The summed E-state index contributed by atoms with van der Waals surface area (Å²) in [5.74, 6) is -0.152. The van der Waals surface area contributed by atoms with Crippen molar-refractivity contribution in [1.29, 1.82) is 0 Å². The van der Waals surface area contributed by atoms with Crippen molar-refractivity contribution in [3.63, 3.8) is 0 Å². The molecule has 0 aliphatic rings. The van der Waals surface area contributed by atoms with E-state index >= 15 is 0 Å². The first-order valence-electron chi connectivity index (χ1n) is 5.98. The summed E-state index contributed by atoms with van der Waals surface area (Å²) in [6.07, 6.45) is -3.09. The summed E-state index contributed by atoms with van der Waals surface area (Å²) in [4.78, 5) is 5.74. The average molecular weight is 356 g/mol. The predicted molar refractivity (Wildman–Crippen MR) is 74.8 cm³/mol. The predicted octanol–water partition coefficient (Wildman–Crippen LogP) is 2.85. The van der Waals surface area contributed by atoms with E-state index in [1.165, 1.54) is 6.20 Å². The summed E-state index contributed by atoms with van der Waals surface area (Å²) >= 11 is 3.00. The Bertz CT molecular complexity index is 429. The minimum Gasteiger partial charge on any atom is -0.383 e. The topological polar surface area (TPSA) is 37.4 Å². The molecule has 0 aliphatic carbocycles. The van der Waals surface area contributed by atoms with Crippen molar-refractivity contribution in [3.05, 3.63) is 22.3 Å². The average Bonchev–Trinajstić information content (AvgIpc) is 2.37. The van der Waals surface area contributed by atoms with Gasteiger partial charge in [0, 0.05) is 37.4 Å². The molecule has 0 saturated carbocycles. The monoisotopic (exact) mass is 355 g/mol. The molecule has 1 aromatic heterocycles. The highest BCUT2D eigenvalue weighted by Gasteiger charge is 2.34. The van der Waals surface area contributed by atoms with Crippen LogP contribution in [0.1, 0.15) is 5.56 Å². The van der Waals surface area contributed by atoms with Gasteiger partial charge in [-0.1, -0.05) is 0 Å². The largest absolute Gasteiger partial charge is 0.419 e. The molecule has 0 fully saturated rings. The van der Waals surface area contributed by atoms with Crippen LogP contribution in [0.2, 0.25) is 0 Å². The van der Waals surface area contributed by atoms with Crippen molar-refractivity contribution < 1.29 is 17.9 Å². The van der Waals surface area contributed by atoms with Crippen LogP contribution >= 0.6 is 15.9 Å². The van der Waals surface area contributed by atoms with E-state index in [9.17, 15) is 13.2 Å². The van der Waals surface area contributed by atoms with Crippen LogP contribution in [0.3, 0.4) is 0 Å². The fourth-order valence-corrected chi connectivity index (χ4v) is 1.85. The molecule has 0 aliphatic heterocycles. The van der Waals surface area contributed by atoms with E-state index in [2.05, 4.69) is 26.2 Å². The van der Waals surface area contributed by atoms with Crippen molar-refractivity contribution in [2.75, 3.05) is 45.7 Å². The third kappa shape index (κ3) is 5.64. The van der Waals surface area contributed by atoms with Crippen LogP contribution < -0.4 is 5.32 Å². The Balaban J connectivity index is 2.60. The van der Waals surface area contributed by atoms with Gasteiger partial charge in [-0.15, -0.1) is 0 Å². The molecule has 1 heterocycles. The lowest BCUT2D eigenvalue weighted by atomic mass is 10.2. The zero-order valence-corrected chi connectivity index (χ0v) is 12.9. The Morgan fingerprint density at radius 2 is 2.10 bits per heavy atom. The molecule has 0 atom stereocenters. The second kappa shape index (κ2) is 7.80. The van der Waals surface area contributed by atoms with E-state index in [0.29, 0.717) is 24.2 Å². The number of hydrogen-bond acceptors (Lipinski definition) is 4. The van der Waals surface area contributed by atoms with Crippen LogP contribution in [0.4, 0.5) is 19.0 Å². The third-order valence-electron chi connectivity index (χ3n) is 2.62. The lowest BCUT2D eigenvalue weighted by Crippen LogP contribution is -2.28. The molecule has 20 heavy (non-hydrogen) atoms. The molecular formula is C12H17BrF3N3O. The van der Waals surface area contributed by atoms with Gasteiger partial charge in [-0.25, -0.2) is 4.98 Å². The molecule has 1 aromatic rings. The highest BCUT2D eigenvalue weighted by molar-refractivity contribution is 9.10. The first-order valence-corrected chi connectivity index (χ1v) is 6.78. The Labute approximate surface area is 124 Å². The van der Waals surface area contributed by atoms with Gasteiger partial charge in [0.1, 0.15) is 5.82 Å². The number of aromatic nitrogens is 1. The fourth-order valence-electron chi connectivity index (χ4n) is 1.52. The van der Waals surface area contributed by atoms with E-state index < -0.39 is 11.7 Å². The van der Waals surface area contributed by atoms with Crippen LogP contribution in [0.25, 0.3) is 0 Å². The number of hydrogen-bond donors (Lipinski definition) is 1. The second-order valence-corrected chi connectivity index (χ2v) is 5.19. The first kappa shape index (κ1) is 17.2. The zero-order valence-electron chi connectivity index (χ0n) is 11.3. The number of likely N-dealkylation sites (N-methyl/N-ethyl adjacent to an activating group) is 1. The number of nitrogens with one attached hydrogen (secondary N) is 1. The SMILES string of the molecule is COCCN(C)CCNc1ncc(Br)cc1C(F)(F)F. The second-order valence-electron chi connectivity index (χ2n) is 4.27. The van der Waals surface area contributed by atoms with Crippen molar-refractivity contribution in [1.82, 2.24) is 9.88 Å². The number of methoxy groups -OCH3 is 1. The Kier molecular flexibility index (Phi) is 6.70. The molecule has 114 valence electrons. The maximum atomic E-state index is 12.9. The number of alkyl halides is 3. The lowest BCUT2D eigenvalue weighted by Gasteiger charge is -2.18. The number of anilines is 1. The summed E-state index contributed by atoms with van der Waals surface area (Å²) in [5, 5.41) is 2.72. The highest BCUT2D eigenvalue weighted by atomic mass is 79.9. The minimum absolute atomic E-state index is 0.152. The van der Waals surface area contributed by atoms with Gasteiger partial charge in [-0.3, -0.25) is 0 Å². The molecule has 0 radical (unpaired) electrons. The number of pyridine rings is 1. The van der Waals surface area contributed by atoms with E-state index in [1.54, 1.807) is 7.11 Å². The zero-order chi connectivity index (χ0) is 15.2. The van der Waals surface area contributed by atoms with Crippen LogP contribution in [-0.2, 0) is 10.9 Å². The third-order valence-corrected chi connectivity index (χ3v) is 3.06. The highest BCUT2D eigenvalue weighted by Crippen LogP contribution is 2.35. The molecule has 0 spiro atoms. The molecule has 0 saturated heterocycles. The van der Waals surface area contributed by atoms with Gasteiger partial charge in [0.05, 0.1) is 12.2 Å². The Morgan fingerprint density at radius 1 is 1.40 bits per heavy atom. The van der Waals surface area contributed by atoms with Crippen LogP contribution in [0, 0.1) is 0 Å². The maximum absolute atomic E-state index is 12.9. The van der Waals surface area contributed by atoms with Crippen molar-refractivity contribution in [2.24, 2.45) is 0 Å². The van der Waals surface area contributed by atoms with Crippen LogP contribution in [0.15, 0.2) is 16.7 Å². The number of rotatable bonds is 7. The molecule has 0 unspecified atom stereocenters. The molecule has 0 amide bonds. The summed E-state index contributed by atoms with van der Waals surface area (Å²) in [5.41, 5.74) is -0.772. The summed E-state index contributed by atoms with van der Waals surface area (Å²) in [6, 6.07) is 1.02. The van der Waals surface area contributed by atoms with Gasteiger partial charge in [0.25, 0.3) is 0 Å². The smallest absolute Gasteiger partial charge is 0.383 e. The van der Waals surface area contributed by atoms with E-state index in [0.717, 1.165) is 12.6 Å². The first-order chi connectivity index (χ1) is 9.34. The van der Waals surface area contributed by atoms with Gasteiger partial charge >= 0.3 is 6.18 Å². The fraction of sp³-hybridized carbons (Fsp3) is 0.583. The Hall–Kier alpha value is -0.860. The van der Waals surface area contributed by atoms with Crippen LogP contribution in [-0.4, -0.2) is 50.3 Å². The maximum Gasteiger partial charge on any atom is 0.419 e. The lowest BCUT2D eigenvalue weighted by molar-refractivity contribution is -0.137. The van der Waals surface area contributed by atoms with E-state index in [4.69, 9.17) is 4.74 Å². The van der Waals surface area contributed by atoms with Crippen molar-refractivity contribution in [2.45, 2.75) is 6.18 Å². The molecule has 8 heteroatoms. The van der Waals surface area contributed by atoms with Gasteiger partial charge < -0.3 is 15.0 Å². The van der Waals surface area contributed by atoms with Gasteiger partial charge in [-0.2, -0.15) is 13.2 Å². The van der Waals surface area contributed by atoms with Gasteiger partial charge in [0.15, 0.2) is 0 Å². The Morgan fingerprint density at radius 3 is 2.70 bits per heavy atom. The molecule has 4 nitrogen and oxygen atoms in total. The summed E-state index contributed by atoms with van der Waals surface area (Å²) in [6.45, 7) is 2.27. The van der Waals surface area contributed by atoms with E-state index in [1.807, 2.05) is 11.9 Å². The summed E-state index contributed by atoms with van der Waals surface area (Å²) in [7, 11) is 3.48. The normalized spacial score (nSPS) is 11.9. The standard InChI is InChI=1S/C12H17BrF3N3O/c1-19(5-6-20-2)4-3-17-11-10(12(14,15)16)7-9(13)8-18-11/h7-8H,3-6H2,1-2H3,(H,17,18). The molecule has 0 bridgehead atoms. The summed E-state index contributed by atoms with van der Waals surface area (Å²) < 4.78 is 43.8. The quantitative estimate of drug-likeness (QED) is 0.815. The number of nitrogens with zero attached hydrogens (tertiary/aromatic N) is 2.